The summed E-state index contributed by atoms with van der Waals surface area (Å²) in [5, 5.41) is 14.3. The zero-order valence-electron chi connectivity index (χ0n) is 12.6. The summed E-state index contributed by atoms with van der Waals surface area (Å²) in [6.07, 6.45) is 3.05. The Morgan fingerprint density at radius 1 is 1.14 bits per heavy atom. The van der Waals surface area contributed by atoms with E-state index in [-0.39, 0.29) is 30.7 Å². The fourth-order valence-electron chi connectivity index (χ4n) is 3.32. The Morgan fingerprint density at radius 3 is 2.23 bits per heavy atom. The Labute approximate surface area is 153 Å². The van der Waals surface area contributed by atoms with E-state index in [1.807, 2.05) is 0 Å². The average molecular weight is 412 g/mol. The van der Waals surface area contributed by atoms with Gasteiger partial charge in [-0.15, -0.1) is 24.8 Å². The van der Waals surface area contributed by atoms with Crippen LogP contribution in [0.2, 0.25) is 0 Å². The van der Waals surface area contributed by atoms with Crippen molar-refractivity contribution in [2.24, 2.45) is 0 Å². The molecular weight excluding hydrogens is 387 g/mol. The SMILES string of the molecule is Cl.Cl.OC1(C(CN2CCNCC2)c2ccc(Br)cc2)CCC1. The third-order valence-corrected chi connectivity index (χ3v) is 5.32. The molecule has 126 valence electrons. The summed E-state index contributed by atoms with van der Waals surface area (Å²) in [6.45, 7) is 5.27. The minimum atomic E-state index is -0.487. The number of hydrogen-bond donors (Lipinski definition) is 2. The second kappa shape index (κ2) is 8.86. The van der Waals surface area contributed by atoms with Crippen LogP contribution in [0, 0.1) is 0 Å². The Balaban J connectivity index is 0.00000121. The predicted octanol–water partition coefficient (Wildman–Crippen LogP) is 3.20. The summed E-state index contributed by atoms with van der Waals surface area (Å²) in [4.78, 5) is 2.49. The van der Waals surface area contributed by atoms with Gasteiger partial charge in [0.2, 0.25) is 0 Å². The van der Waals surface area contributed by atoms with Gasteiger partial charge in [0.1, 0.15) is 0 Å². The van der Waals surface area contributed by atoms with Gasteiger partial charge in [0.15, 0.2) is 0 Å². The molecule has 2 aliphatic rings. The minimum absolute atomic E-state index is 0. The molecule has 0 radical (unpaired) electrons. The van der Waals surface area contributed by atoms with Crippen molar-refractivity contribution in [1.29, 1.82) is 0 Å². The molecule has 3 rings (SSSR count). The van der Waals surface area contributed by atoms with E-state index in [9.17, 15) is 5.11 Å². The van der Waals surface area contributed by atoms with E-state index in [4.69, 9.17) is 0 Å². The van der Waals surface area contributed by atoms with E-state index >= 15 is 0 Å². The van der Waals surface area contributed by atoms with Crippen LogP contribution in [-0.4, -0.2) is 48.3 Å². The van der Waals surface area contributed by atoms with E-state index in [1.54, 1.807) is 0 Å². The molecule has 1 aliphatic heterocycles. The van der Waals surface area contributed by atoms with E-state index in [1.165, 1.54) is 5.56 Å². The van der Waals surface area contributed by atoms with Crippen LogP contribution < -0.4 is 5.32 Å². The number of nitrogens with one attached hydrogen (secondary N) is 1. The number of piperazine rings is 1. The van der Waals surface area contributed by atoms with Crippen molar-refractivity contribution in [3.8, 4) is 0 Å². The Morgan fingerprint density at radius 2 is 1.73 bits per heavy atom. The first-order valence-electron chi connectivity index (χ1n) is 7.58. The largest absolute Gasteiger partial charge is 0.389 e. The van der Waals surface area contributed by atoms with Crippen LogP contribution >= 0.6 is 40.7 Å². The zero-order valence-corrected chi connectivity index (χ0v) is 15.9. The first kappa shape index (κ1) is 20.2. The molecule has 1 aromatic rings. The summed E-state index contributed by atoms with van der Waals surface area (Å²) < 4.78 is 1.10. The van der Waals surface area contributed by atoms with E-state index < -0.39 is 5.60 Å². The number of rotatable bonds is 4. The zero-order chi connectivity index (χ0) is 14.0. The molecule has 0 bridgehead atoms. The highest BCUT2D eigenvalue weighted by Gasteiger charge is 2.43. The molecule has 1 aliphatic carbocycles. The molecule has 6 heteroatoms. The fraction of sp³-hybridized carbons (Fsp3) is 0.625. The number of hydrogen-bond acceptors (Lipinski definition) is 3. The highest BCUT2D eigenvalue weighted by molar-refractivity contribution is 9.10. The second-order valence-electron chi connectivity index (χ2n) is 6.11. The monoisotopic (exact) mass is 410 g/mol. The third kappa shape index (κ3) is 4.59. The smallest absolute Gasteiger partial charge is 0.0728 e. The molecule has 1 unspecified atom stereocenters. The summed E-state index contributed by atoms with van der Waals surface area (Å²) in [7, 11) is 0. The molecule has 1 atom stereocenters. The molecule has 0 aromatic heterocycles. The van der Waals surface area contributed by atoms with E-state index in [0.29, 0.717) is 0 Å². The van der Waals surface area contributed by atoms with Crippen LogP contribution in [0.25, 0.3) is 0 Å². The van der Waals surface area contributed by atoms with Crippen molar-refractivity contribution >= 4 is 40.7 Å². The highest BCUT2D eigenvalue weighted by Crippen LogP contribution is 2.44. The highest BCUT2D eigenvalue weighted by atomic mass is 79.9. The van der Waals surface area contributed by atoms with Crippen molar-refractivity contribution in [1.82, 2.24) is 10.2 Å². The fourth-order valence-corrected chi connectivity index (χ4v) is 3.58. The number of aliphatic hydroxyl groups is 1. The molecule has 1 saturated carbocycles. The van der Waals surface area contributed by atoms with Crippen molar-refractivity contribution in [3.05, 3.63) is 34.3 Å². The standard InChI is InChI=1S/C16H23BrN2O.2ClH/c17-14-4-2-13(3-5-14)15(16(20)6-1-7-16)12-19-10-8-18-9-11-19;;/h2-5,15,18,20H,1,6-12H2;2*1H. The molecular formula is C16H25BrCl2N2O. The molecule has 0 spiro atoms. The van der Waals surface area contributed by atoms with Crippen LogP contribution in [0.1, 0.15) is 30.7 Å². The summed E-state index contributed by atoms with van der Waals surface area (Å²) in [5.41, 5.74) is 0.785. The van der Waals surface area contributed by atoms with Gasteiger partial charge in [-0.1, -0.05) is 28.1 Å². The van der Waals surface area contributed by atoms with Crippen molar-refractivity contribution in [2.75, 3.05) is 32.7 Å². The maximum Gasteiger partial charge on any atom is 0.0728 e. The van der Waals surface area contributed by atoms with Crippen molar-refractivity contribution in [3.63, 3.8) is 0 Å². The molecule has 1 heterocycles. The van der Waals surface area contributed by atoms with Gasteiger partial charge in [-0.05, 0) is 37.0 Å². The molecule has 1 saturated heterocycles. The summed E-state index contributed by atoms with van der Waals surface area (Å²) in [5.74, 6) is 0.238. The number of nitrogens with zero attached hydrogens (tertiary/aromatic N) is 1. The first-order chi connectivity index (χ1) is 9.67. The maximum atomic E-state index is 10.9. The lowest BCUT2D eigenvalue weighted by atomic mass is 9.68. The second-order valence-corrected chi connectivity index (χ2v) is 7.03. The van der Waals surface area contributed by atoms with Gasteiger partial charge in [0.25, 0.3) is 0 Å². The predicted molar refractivity (Wildman–Crippen MR) is 99.5 cm³/mol. The van der Waals surface area contributed by atoms with Gasteiger partial charge in [-0.25, -0.2) is 0 Å². The van der Waals surface area contributed by atoms with Gasteiger partial charge in [0, 0.05) is 43.1 Å². The van der Waals surface area contributed by atoms with Crippen LogP contribution in [0.3, 0.4) is 0 Å². The lowest BCUT2D eigenvalue weighted by Gasteiger charge is -2.46. The molecule has 2 fully saturated rings. The van der Waals surface area contributed by atoms with Crippen LogP contribution in [0.5, 0.6) is 0 Å². The van der Waals surface area contributed by atoms with Crippen LogP contribution in [0.4, 0.5) is 0 Å². The lowest BCUT2D eigenvalue weighted by Crippen LogP contribution is -2.51. The minimum Gasteiger partial charge on any atom is -0.389 e. The molecule has 2 N–H and O–H groups in total. The molecule has 0 amide bonds. The quantitative estimate of drug-likeness (QED) is 0.798. The Hall–Kier alpha value is 0.160. The number of benzene rings is 1. The summed E-state index contributed by atoms with van der Waals surface area (Å²) in [6, 6.07) is 8.49. The van der Waals surface area contributed by atoms with E-state index in [0.717, 1.165) is 56.5 Å². The average Bonchev–Trinajstić information content (AvgIpc) is 2.45. The lowest BCUT2D eigenvalue weighted by molar-refractivity contribution is -0.0652. The Bertz CT molecular complexity index is 448. The van der Waals surface area contributed by atoms with Crippen LogP contribution in [0.15, 0.2) is 28.7 Å². The molecule has 22 heavy (non-hydrogen) atoms. The van der Waals surface area contributed by atoms with Crippen LogP contribution in [-0.2, 0) is 0 Å². The van der Waals surface area contributed by atoms with Crippen molar-refractivity contribution < 1.29 is 5.11 Å². The van der Waals surface area contributed by atoms with Gasteiger partial charge < -0.3 is 15.3 Å². The molecule has 3 nitrogen and oxygen atoms in total. The summed E-state index contributed by atoms with van der Waals surface area (Å²) >= 11 is 3.49. The normalized spacial score (nSPS) is 21.9. The number of halogens is 3. The van der Waals surface area contributed by atoms with Gasteiger partial charge >= 0.3 is 0 Å². The van der Waals surface area contributed by atoms with Crippen molar-refractivity contribution in [2.45, 2.75) is 30.8 Å². The van der Waals surface area contributed by atoms with Gasteiger partial charge in [-0.2, -0.15) is 0 Å². The van der Waals surface area contributed by atoms with Gasteiger partial charge in [0.05, 0.1) is 5.60 Å². The molecule has 1 aromatic carbocycles. The Kier molecular flexibility index (Phi) is 8.13. The van der Waals surface area contributed by atoms with E-state index in [2.05, 4.69) is 50.4 Å². The topological polar surface area (TPSA) is 35.5 Å². The van der Waals surface area contributed by atoms with Gasteiger partial charge in [-0.3, -0.25) is 0 Å². The third-order valence-electron chi connectivity index (χ3n) is 4.79. The maximum absolute atomic E-state index is 10.9. The first-order valence-corrected chi connectivity index (χ1v) is 8.38.